The maximum absolute atomic E-state index is 13.7. The molecule has 12 heteroatoms. The number of ether oxygens (including phenoxy) is 3. The summed E-state index contributed by atoms with van der Waals surface area (Å²) in [7, 11) is 1.62. The first-order valence-electron chi connectivity index (χ1n) is 14.7. The Bertz CT molecular complexity index is 1640. The number of hydrogen-bond donors (Lipinski definition) is 2. The molecule has 232 valence electrons. The van der Waals surface area contributed by atoms with Gasteiger partial charge in [-0.3, -0.25) is 19.0 Å². The van der Waals surface area contributed by atoms with Crippen LogP contribution in [0.5, 0.6) is 17.2 Å². The van der Waals surface area contributed by atoms with E-state index in [1.54, 1.807) is 42.2 Å². The third-order valence-corrected chi connectivity index (χ3v) is 8.63. The number of nitrogens with one attached hydrogen (secondary N) is 2. The highest BCUT2D eigenvalue weighted by atomic mass is 32.2. The molecule has 0 saturated carbocycles. The van der Waals surface area contributed by atoms with Crippen molar-refractivity contribution in [3.8, 4) is 17.2 Å². The Balaban J connectivity index is 1.22. The van der Waals surface area contributed by atoms with E-state index in [2.05, 4.69) is 10.6 Å². The largest absolute Gasteiger partial charge is 0.497 e. The van der Waals surface area contributed by atoms with E-state index in [0.717, 1.165) is 17.7 Å². The maximum Gasteiger partial charge on any atom is 0.262 e. The van der Waals surface area contributed by atoms with Crippen LogP contribution in [0.4, 0.5) is 0 Å². The Labute approximate surface area is 259 Å². The Morgan fingerprint density at radius 1 is 1.05 bits per heavy atom. The summed E-state index contributed by atoms with van der Waals surface area (Å²) in [5, 5.41) is 6.27. The number of rotatable bonds is 15. The zero-order valence-electron chi connectivity index (χ0n) is 24.8. The monoisotopic (exact) mass is 620 g/mol. The van der Waals surface area contributed by atoms with Gasteiger partial charge in [-0.1, -0.05) is 37.2 Å². The van der Waals surface area contributed by atoms with Gasteiger partial charge in [0.2, 0.25) is 18.6 Å². The van der Waals surface area contributed by atoms with Crippen molar-refractivity contribution in [2.24, 2.45) is 0 Å². The molecule has 4 aromatic rings. The molecule has 2 N–H and O–H groups in total. The Morgan fingerprint density at radius 3 is 2.57 bits per heavy atom. The van der Waals surface area contributed by atoms with Gasteiger partial charge in [-0.15, -0.1) is 0 Å². The molecule has 0 bridgehead atoms. The summed E-state index contributed by atoms with van der Waals surface area (Å²) in [6, 6.07) is 14.5. The number of hydrogen-bond acceptors (Lipinski definition) is 9. The van der Waals surface area contributed by atoms with Gasteiger partial charge in [-0.05, 0) is 55.2 Å². The van der Waals surface area contributed by atoms with E-state index in [9.17, 15) is 14.4 Å². The molecule has 1 atom stereocenters. The summed E-state index contributed by atoms with van der Waals surface area (Å²) >= 11 is 1.26. The number of thioether (sulfide) groups is 1. The van der Waals surface area contributed by atoms with Gasteiger partial charge in [0.25, 0.3) is 5.56 Å². The lowest BCUT2D eigenvalue weighted by molar-refractivity contribution is -0.122. The van der Waals surface area contributed by atoms with E-state index < -0.39 is 5.25 Å². The first kappa shape index (κ1) is 31.0. The normalized spacial score (nSPS) is 12.7. The van der Waals surface area contributed by atoms with Gasteiger partial charge in [0.05, 0.1) is 36.1 Å². The van der Waals surface area contributed by atoms with Crippen LogP contribution in [0.1, 0.15) is 50.4 Å². The third kappa shape index (κ3) is 7.73. The van der Waals surface area contributed by atoms with Crippen molar-refractivity contribution in [1.29, 1.82) is 0 Å². The lowest BCUT2D eigenvalue weighted by atomic mass is 10.1. The van der Waals surface area contributed by atoms with Crippen molar-refractivity contribution in [3.63, 3.8) is 0 Å². The average Bonchev–Trinajstić information content (AvgIpc) is 3.74. The number of amides is 2. The molecule has 2 aromatic heterocycles. The first-order valence-corrected chi connectivity index (χ1v) is 15.5. The Kier molecular flexibility index (Phi) is 10.4. The molecule has 2 aromatic carbocycles. The van der Waals surface area contributed by atoms with Crippen molar-refractivity contribution in [1.82, 2.24) is 20.2 Å². The summed E-state index contributed by atoms with van der Waals surface area (Å²) in [5.41, 5.74) is 1.27. The zero-order valence-corrected chi connectivity index (χ0v) is 25.6. The second-order valence-electron chi connectivity index (χ2n) is 10.3. The van der Waals surface area contributed by atoms with Gasteiger partial charge in [0, 0.05) is 25.6 Å². The minimum atomic E-state index is -0.469. The van der Waals surface area contributed by atoms with Crippen molar-refractivity contribution in [2.45, 2.75) is 69.1 Å². The van der Waals surface area contributed by atoms with Crippen molar-refractivity contribution < 1.29 is 28.2 Å². The highest BCUT2D eigenvalue weighted by Crippen LogP contribution is 2.35. The standard InChI is InChI=1S/C32H36N4O7S/c1-3-28(30(38)34-19-23-8-7-15-41-23)44-32-35-25-17-27-26(42-20-43-27)16-24(25)31(39)36(32)14-6-4-5-9-29(37)33-18-21-10-12-22(40-2)13-11-21/h7-8,10-13,15-17,28H,3-6,9,14,18-20H2,1-2H3,(H,33,37)(H,34,38). The zero-order chi connectivity index (χ0) is 30.9. The highest BCUT2D eigenvalue weighted by Gasteiger charge is 2.24. The quantitative estimate of drug-likeness (QED) is 0.109. The first-order chi connectivity index (χ1) is 21.4. The topological polar surface area (TPSA) is 134 Å². The number of fused-ring (bicyclic) bond motifs is 2. The van der Waals surface area contributed by atoms with Gasteiger partial charge in [0.15, 0.2) is 16.7 Å². The number of furan rings is 1. The van der Waals surface area contributed by atoms with E-state index in [1.807, 2.05) is 31.2 Å². The van der Waals surface area contributed by atoms with Crippen LogP contribution in [0.15, 0.2) is 69.2 Å². The third-order valence-electron chi connectivity index (χ3n) is 7.28. The van der Waals surface area contributed by atoms with Gasteiger partial charge in [0.1, 0.15) is 11.5 Å². The Morgan fingerprint density at radius 2 is 1.84 bits per heavy atom. The minimum Gasteiger partial charge on any atom is -0.497 e. The number of methoxy groups -OCH3 is 1. The summed E-state index contributed by atoms with van der Waals surface area (Å²) in [6.45, 7) is 3.14. The number of nitrogens with zero attached hydrogens (tertiary/aromatic N) is 2. The van der Waals surface area contributed by atoms with Crippen LogP contribution in [-0.4, -0.2) is 40.5 Å². The summed E-state index contributed by atoms with van der Waals surface area (Å²) in [6.07, 6.45) is 4.57. The Hall–Kier alpha value is -4.45. The van der Waals surface area contributed by atoms with Gasteiger partial charge >= 0.3 is 0 Å². The molecule has 1 aliphatic rings. The van der Waals surface area contributed by atoms with Crippen molar-refractivity contribution >= 4 is 34.5 Å². The van der Waals surface area contributed by atoms with Crippen LogP contribution >= 0.6 is 11.8 Å². The maximum atomic E-state index is 13.7. The van der Waals surface area contributed by atoms with Gasteiger partial charge < -0.3 is 29.3 Å². The van der Waals surface area contributed by atoms with Crippen molar-refractivity contribution in [3.05, 3.63) is 76.5 Å². The van der Waals surface area contributed by atoms with Crippen LogP contribution < -0.4 is 30.4 Å². The molecule has 11 nitrogen and oxygen atoms in total. The fraction of sp³-hybridized carbons (Fsp3) is 0.375. The molecule has 3 heterocycles. The fourth-order valence-electron chi connectivity index (χ4n) is 4.79. The van der Waals surface area contributed by atoms with E-state index in [-0.39, 0.29) is 30.7 Å². The summed E-state index contributed by atoms with van der Waals surface area (Å²) < 4.78 is 23.1. The van der Waals surface area contributed by atoms with Crippen LogP contribution in [0, 0.1) is 0 Å². The van der Waals surface area contributed by atoms with E-state index in [1.165, 1.54) is 11.8 Å². The van der Waals surface area contributed by atoms with Crippen LogP contribution in [0.2, 0.25) is 0 Å². The fourth-order valence-corrected chi connectivity index (χ4v) is 5.86. The van der Waals surface area contributed by atoms with Crippen molar-refractivity contribution in [2.75, 3.05) is 13.9 Å². The molecular formula is C32H36N4O7S. The van der Waals surface area contributed by atoms with Crippen LogP contribution in [-0.2, 0) is 29.2 Å². The SMILES string of the molecule is CCC(Sc1nc2cc3c(cc2c(=O)n1CCCCCC(=O)NCc1ccc(OC)cc1)OCO3)C(=O)NCc1ccco1. The smallest absolute Gasteiger partial charge is 0.262 e. The molecule has 0 spiro atoms. The summed E-state index contributed by atoms with van der Waals surface area (Å²) in [4.78, 5) is 44.0. The molecule has 2 amide bonds. The molecule has 0 saturated heterocycles. The second kappa shape index (κ2) is 14.8. The van der Waals surface area contributed by atoms with Crippen LogP contribution in [0.25, 0.3) is 10.9 Å². The number of unbranched alkanes of at least 4 members (excludes halogenated alkanes) is 2. The number of aromatic nitrogens is 2. The molecule has 1 aliphatic heterocycles. The molecular weight excluding hydrogens is 584 g/mol. The predicted octanol–water partition coefficient (Wildman–Crippen LogP) is 4.79. The van der Waals surface area contributed by atoms with Gasteiger partial charge in [-0.25, -0.2) is 4.98 Å². The molecule has 0 aliphatic carbocycles. The average molecular weight is 621 g/mol. The van der Waals surface area contributed by atoms with E-state index >= 15 is 0 Å². The molecule has 44 heavy (non-hydrogen) atoms. The molecule has 1 unspecified atom stereocenters. The highest BCUT2D eigenvalue weighted by molar-refractivity contribution is 8.00. The summed E-state index contributed by atoms with van der Waals surface area (Å²) in [5.74, 6) is 2.28. The van der Waals surface area contributed by atoms with Crippen LogP contribution in [0.3, 0.4) is 0 Å². The lowest BCUT2D eigenvalue weighted by Gasteiger charge is -2.18. The molecule has 0 radical (unpaired) electrons. The number of carbonyl (C=O) groups is 2. The predicted molar refractivity (Wildman–Crippen MR) is 166 cm³/mol. The van der Waals surface area contributed by atoms with E-state index in [0.29, 0.717) is 72.1 Å². The number of carbonyl (C=O) groups excluding carboxylic acids is 2. The number of benzene rings is 2. The van der Waals surface area contributed by atoms with E-state index in [4.69, 9.17) is 23.6 Å². The van der Waals surface area contributed by atoms with Gasteiger partial charge in [-0.2, -0.15) is 0 Å². The minimum absolute atomic E-state index is 0.0241. The second-order valence-corrected chi connectivity index (χ2v) is 11.5. The molecule has 0 fully saturated rings. The lowest BCUT2D eigenvalue weighted by Crippen LogP contribution is -2.33. The molecule has 5 rings (SSSR count).